The minimum Gasteiger partial charge on any atom is -0.346 e. The van der Waals surface area contributed by atoms with Gasteiger partial charge in [0.2, 0.25) is 5.91 Å². The predicted molar refractivity (Wildman–Crippen MR) is 86.4 cm³/mol. The fourth-order valence-electron chi connectivity index (χ4n) is 2.47. The van der Waals surface area contributed by atoms with E-state index in [1.165, 1.54) is 4.68 Å². The molecule has 118 valence electrons. The molecule has 3 rings (SSSR count). The number of hydrogen-bond donors (Lipinski definition) is 2. The van der Waals surface area contributed by atoms with Gasteiger partial charge in [0.05, 0.1) is 6.04 Å². The van der Waals surface area contributed by atoms with E-state index in [9.17, 15) is 4.79 Å². The van der Waals surface area contributed by atoms with E-state index in [1.54, 1.807) is 6.92 Å². The number of aromatic nitrogens is 4. The summed E-state index contributed by atoms with van der Waals surface area (Å²) in [5, 5.41) is 16.3. The van der Waals surface area contributed by atoms with Crippen molar-refractivity contribution in [2.75, 3.05) is 6.54 Å². The number of amides is 1. The fourth-order valence-corrected chi connectivity index (χ4v) is 2.47. The zero-order valence-corrected chi connectivity index (χ0v) is 12.8. The highest BCUT2D eigenvalue weighted by atomic mass is 16.2. The highest BCUT2D eigenvalue weighted by molar-refractivity contribution is 5.83. The van der Waals surface area contributed by atoms with Crippen LogP contribution in [0.1, 0.15) is 17.4 Å². The molecule has 1 aromatic heterocycles. The van der Waals surface area contributed by atoms with Gasteiger partial charge in [-0.25, -0.2) is 4.68 Å². The van der Waals surface area contributed by atoms with Crippen LogP contribution in [0.25, 0.3) is 10.8 Å². The predicted octanol–water partition coefficient (Wildman–Crippen LogP) is 0.951. The average Bonchev–Trinajstić information content (AvgIpc) is 2.97. The summed E-state index contributed by atoms with van der Waals surface area (Å²) in [6.45, 7) is 2.14. The number of aryl methyl sites for hydroxylation is 1. The minimum absolute atomic E-state index is 0.0723. The van der Waals surface area contributed by atoms with Crippen LogP contribution < -0.4 is 11.1 Å². The van der Waals surface area contributed by atoms with E-state index in [0.717, 1.165) is 16.3 Å². The molecule has 0 bridgehead atoms. The average molecular weight is 310 g/mol. The number of carbonyl (C=O) groups excluding carboxylic acids is 1. The van der Waals surface area contributed by atoms with Gasteiger partial charge in [0.1, 0.15) is 12.4 Å². The van der Waals surface area contributed by atoms with Gasteiger partial charge < -0.3 is 11.1 Å². The topological polar surface area (TPSA) is 98.7 Å². The van der Waals surface area contributed by atoms with Gasteiger partial charge >= 0.3 is 0 Å². The van der Waals surface area contributed by atoms with Gasteiger partial charge in [-0.2, -0.15) is 0 Å². The number of nitrogens with one attached hydrogen (secondary N) is 1. The van der Waals surface area contributed by atoms with Crippen LogP contribution in [0.2, 0.25) is 0 Å². The second-order valence-corrected chi connectivity index (χ2v) is 5.35. The number of benzene rings is 2. The molecule has 0 saturated carbocycles. The van der Waals surface area contributed by atoms with Crippen molar-refractivity contribution < 1.29 is 4.79 Å². The number of rotatable bonds is 5. The lowest BCUT2D eigenvalue weighted by molar-refractivity contribution is -0.122. The van der Waals surface area contributed by atoms with Crippen LogP contribution in [0, 0.1) is 6.92 Å². The van der Waals surface area contributed by atoms with Gasteiger partial charge in [0, 0.05) is 6.54 Å². The first-order valence-electron chi connectivity index (χ1n) is 7.38. The van der Waals surface area contributed by atoms with E-state index in [4.69, 9.17) is 5.73 Å². The molecule has 0 saturated heterocycles. The Morgan fingerprint density at radius 2 is 2.04 bits per heavy atom. The first-order valence-corrected chi connectivity index (χ1v) is 7.38. The third-order valence-corrected chi connectivity index (χ3v) is 3.75. The molecule has 1 atom stereocenters. The second kappa shape index (κ2) is 6.53. The molecule has 23 heavy (non-hydrogen) atoms. The molecule has 0 aliphatic heterocycles. The lowest BCUT2D eigenvalue weighted by atomic mass is 10.0. The first kappa shape index (κ1) is 15.1. The highest BCUT2D eigenvalue weighted by Gasteiger charge is 2.15. The zero-order chi connectivity index (χ0) is 16.2. The Bertz CT molecular complexity index is 828. The van der Waals surface area contributed by atoms with Crippen LogP contribution in [-0.4, -0.2) is 32.7 Å². The maximum Gasteiger partial charge on any atom is 0.242 e. The van der Waals surface area contributed by atoms with E-state index in [2.05, 4.69) is 33.0 Å². The van der Waals surface area contributed by atoms with Gasteiger partial charge in [0.15, 0.2) is 0 Å². The quantitative estimate of drug-likeness (QED) is 0.731. The Balaban J connectivity index is 1.75. The van der Waals surface area contributed by atoms with Crippen molar-refractivity contribution in [3.05, 3.63) is 53.9 Å². The lowest BCUT2D eigenvalue weighted by Crippen LogP contribution is -2.36. The van der Waals surface area contributed by atoms with Gasteiger partial charge in [0.25, 0.3) is 0 Å². The van der Waals surface area contributed by atoms with E-state index in [1.807, 2.05) is 30.3 Å². The summed E-state index contributed by atoms with van der Waals surface area (Å²) in [6.07, 6.45) is 0. The molecule has 0 fully saturated rings. The third-order valence-electron chi connectivity index (χ3n) is 3.75. The molecule has 0 radical (unpaired) electrons. The third kappa shape index (κ3) is 3.35. The summed E-state index contributed by atoms with van der Waals surface area (Å²) in [6, 6.07) is 13.9. The molecule has 0 aliphatic rings. The number of nitrogens with zero attached hydrogens (tertiary/aromatic N) is 4. The summed E-state index contributed by atoms with van der Waals surface area (Å²) in [5.41, 5.74) is 6.82. The van der Waals surface area contributed by atoms with E-state index >= 15 is 0 Å². The van der Waals surface area contributed by atoms with Gasteiger partial charge in [-0.15, -0.1) is 5.10 Å². The van der Waals surface area contributed by atoms with Crippen molar-refractivity contribution in [1.82, 2.24) is 25.5 Å². The van der Waals surface area contributed by atoms with Crippen molar-refractivity contribution in [3.8, 4) is 0 Å². The maximum atomic E-state index is 12.2. The molecule has 0 spiro atoms. The fraction of sp³-hybridized carbons (Fsp3) is 0.250. The van der Waals surface area contributed by atoms with Crippen molar-refractivity contribution in [2.45, 2.75) is 19.5 Å². The molecular weight excluding hydrogens is 292 g/mol. The van der Waals surface area contributed by atoms with Crippen molar-refractivity contribution in [3.63, 3.8) is 0 Å². The maximum absolute atomic E-state index is 12.2. The molecule has 7 nitrogen and oxygen atoms in total. The molecular formula is C16H18N6O. The normalized spacial score (nSPS) is 12.3. The summed E-state index contributed by atoms with van der Waals surface area (Å²) in [7, 11) is 0. The minimum atomic E-state index is -0.246. The molecule has 2 aromatic carbocycles. The highest BCUT2D eigenvalue weighted by Crippen LogP contribution is 2.20. The van der Waals surface area contributed by atoms with Crippen molar-refractivity contribution in [2.24, 2.45) is 5.73 Å². The Hall–Kier alpha value is -2.80. The SMILES string of the molecule is Cc1nnnn1CC(=O)NC(CN)c1ccc2ccccc2c1. The Kier molecular flexibility index (Phi) is 4.29. The standard InChI is InChI=1S/C16H18N6O/c1-11-19-20-21-22(11)10-16(23)18-15(9-17)14-7-6-12-4-2-3-5-13(12)8-14/h2-8,15H,9-10,17H2,1H3,(H,18,23). The van der Waals surface area contributed by atoms with Crippen LogP contribution in [0.15, 0.2) is 42.5 Å². The van der Waals surface area contributed by atoms with Gasteiger partial charge in [-0.3, -0.25) is 4.79 Å². The van der Waals surface area contributed by atoms with E-state index in [0.29, 0.717) is 12.4 Å². The summed E-state index contributed by atoms with van der Waals surface area (Å²) in [5.74, 6) is 0.416. The van der Waals surface area contributed by atoms with Crippen LogP contribution in [0.5, 0.6) is 0 Å². The van der Waals surface area contributed by atoms with Gasteiger partial charge in [-0.1, -0.05) is 36.4 Å². The Morgan fingerprint density at radius 3 is 2.74 bits per heavy atom. The number of carbonyl (C=O) groups is 1. The summed E-state index contributed by atoms with van der Waals surface area (Å²) in [4.78, 5) is 12.2. The largest absolute Gasteiger partial charge is 0.346 e. The molecule has 1 amide bonds. The number of fused-ring (bicyclic) bond motifs is 1. The van der Waals surface area contributed by atoms with E-state index < -0.39 is 0 Å². The smallest absolute Gasteiger partial charge is 0.242 e. The molecule has 1 heterocycles. The monoisotopic (exact) mass is 310 g/mol. The van der Waals surface area contributed by atoms with Crippen LogP contribution in [0.3, 0.4) is 0 Å². The molecule has 3 N–H and O–H groups in total. The molecule has 0 aliphatic carbocycles. The van der Waals surface area contributed by atoms with Crippen LogP contribution in [-0.2, 0) is 11.3 Å². The lowest BCUT2D eigenvalue weighted by Gasteiger charge is -2.18. The number of tetrazole rings is 1. The second-order valence-electron chi connectivity index (χ2n) is 5.35. The van der Waals surface area contributed by atoms with Crippen LogP contribution in [0.4, 0.5) is 0 Å². The van der Waals surface area contributed by atoms with Crippen molar-refractivity contribution in [1.29, 1.82) is 0 Å². The summed E-state index contributed by atoms with van der Waals surface area (Å²) >= 11 is 0. The molecule has 3 aromatic rings. The Morgan fingerprint density at radius 1 is 1.26 bits per heavy atom. The summed E-state index contributed by atoms with van der Waals surface area (Å²) < 4.78 is 1.45. The van der Waals surface area contributed by atoms with E-state index in [-0.39, 0.29) is 18.5 Å². The van der Waals surface area contributed by atoms with Crippen molar-refractivity contribution >= 4 is 16.7 Å². The number of hydrogen-bond acceptors (Lipinski definition) is 5. The van der Waals surface area contributed by atoms with Crippen LogP contribution >= 0.6 is 0 Å². The molecule has 1 unspecified atom stereocenters. The zero-order valence-electron chi connectivity index (χ0n) is 12.8. The van der Waals surface area contributed by atoms with Gasteiger partial charge in [-0.05, 0) is 39.8 Å². The Labute approximate surface area is 133 Å². The first-order chi connectivity index (χ1) is 11.2. The number of nitrogens with two attached hydrogens (primary N) is 1. The molecule has 7 heteroatoms.